The quantitative estimate of drug-likeness (QED) is 0.553. The number of nitriles is 1. The van der Waals surface area contributed by atoms with Crippen LogP contribution in [0, 0.1) is 23.0 Å². The summed E-state index contributed by atoms with van der Waals surface area (Å²) in [5.41, 5.74) is -0.0793. The summed E-state index contributed by atoms with van der Waals surface area (Å²) < 4.78 is 25.0. The number of rotatable bonds is 0. The second-order valence-electron chi connectivity index (χ2n) is 1.87. The maximum absolute atomic E-state index is 12.5. The van der Waals surface area contributed by atoms with Gasteiger partial charge in [0.15, 0.2) is 0 Å². The Labute approximate surface area is 66.8 Å². The van der Waals surface area contributed by atoms with Crippen molar-refractivity contribution in [2.24, 2.45) is 0 Å². The van der Waals surface area contributed by atoms with E-state index in [1.165, 1.54) is 0 Å². The molecule has 0 bridgehead atoms. The van der Waals surface area contributed by atoms with Crippen LogP contribution in [0.3, 0.4) is 0 Å². The summed E-state index contributed by atoms with van der Waals surface area (Å²) in [7, 11) is 0. The molecule has 0 radical (unpaired) electrons. The monoisotopic (exact) mass is 173 g/mol. The summed E-state index contributed by atoms with van der Waals surface area (Å²) in [6, 6.07) is 3.36. The van der Waals surface area contributed by atoms with Crippen molar-refractivity contribution in [3.05, 3.63) is 34.4 Å². The van der Waals surface area contributed by atoms with Crippen molar-refractivity contribution in [3.8, 4) is 6.07 Å². The fourth-order valence-corrected chi connectivity index (χ4v) is 0.729. The number of hydrogen-bond donors (Lipinski definition) is 0. The third kappa shape index (κ3) is 1.47. The van der Waals surface area contributed by atoms with Crippen molar-refractivity contribution in [1.82, 2.24) is 0 Å². The molecule has 0 saturated heterocycles. The largest absolute Gasteiger partial charge is 0.205 e. The van der Waals surface area contributed by atoms with Crippen LogP contribution in [0.15, 0.2) is 12.1 Å². The van der Waals surface area contributed by atoms with Crippen molar-refractivity contribution in [1.29, 1.82) is 5.26 Å². The first-order valence-corrected chi connectivity index (χ1v) is 3.07. The molecule has 0 atom stereocenters. The Bertz CT molecular complexity index is 307. The van der Waals surface area contributed by atoms with Gasteiger partial charge in [-0.25, -0.2) is 8.78 Å². The molecule has 0 aliphatic carbocycles. The first-order chi connectivity index (χ1) is 5.15. The lowest BCUT2D eigenvalue weighted by Gasteiger charge is -1.95. The van der Waals surface area contributed by atoms with E-state index in [-0.39, 0.29) is 5.56 Å². The van der Waals surface area contributed by atoms with Gasteiger partial charge in [0.05, 0.1) is 11.6 Å². The zero-order valence-corrected chi connectivity index (χ0v) is 5.99. The van der Waals surface area contributed by atoms with E-state index in [4.69, 9.17) is 16.9 Å². The Morgan fingerprint density at radius 2 is 1.73 bits per heavy atom. The summed E-state index contributed by atoms with van der Waals surface area (Å²) in [6.45, 7) is 0. The third-order valence-corrected chi connectivity index (χ3v) is 1.47. The molecule has 0 saturated carbocycles. The molecule has 11 heavy (non-hydrogen) atoms. The Morgan fingerprint density at radius 1 is 1.27 bits per heavy atom. The third-order valence-electron chi connectivity index (χ3n) is 1.11. The van der Waals surface area contributed by atoms with Crippen LogP contribution in [0.4, 0.5) is 8.78 Å². The van der Waals surface area contributed by atoms with Crippen LogP contribution in [0.2, 0.25) is 5.02 Å². The second kappa shape index (κ2) is 2.85. The fourth-order valence-electron chi connectivity index (χ4n) is 0.620. The molecule has 0 unspecified atom stereocenters. The molecule has 1 aromatic carbocycles. The zero-order valence-electron chi connectivity index (χ0n) is 5.24. The molecule has 1 aromatic rings. The van der Waals surface area contributed by atoms with Crippen LogP contribution in [0.5, 0.6) is 0 Å². The van der Waals surface area contributed by atoms with E-state index in [0.29, 0.717) is 0 Å². The maximum Gasteiger partial charge on any atom is 0.146 e. The summed E-state index contributed by atoms with van der Waals surface area (Å²) >= 11 is 5.15. The summed E-state index contributed by atoms with van der Waals surface area (Å²) in [4.78, 5) is 0. The topological polar surface area (TPSA) is 23.8 Å². The van der Waals surface area contributed by atoms with Crippen LogP contribution < -0.4 is 0 Å². The molecule has 0 spiro atoms. The zero-order chi connectivity index (χ0) is 8.43. The minimum Gasteiger partial charge on any atom is -0.205 e. The van der Waals surface area contributed by atoms with E-state index < -0.39 is 16.7 Å². The highest BCUT2D eigenvalue weighted by atomic mass is 35.5. The molecular weight excluding hydrogens is 172 g/mol. The van der Waals surface area contributed by atoms with Gasteiger partial charge in [-0.2, -0.15) is 5.26 Å². The average molecular weight is 174 g/mol. The van der Waals surface area contributed by atoms with Gasteiger partial charge in [0.1, 0.15) is 16.7 Å². The van der Waals surface area contributed by atoms with Gasteiger partial charge in [-0.05, 0) is 12.1 Å². The Balaban J connectivity index is 3.35. The number of benzene rings is 1. The van der Waals surface area contributed by atoms with Gasteiger partial charge >= 0.3 is 0 Å². The molecular formula is C7H2ClF2N. The van der Waals surface area contributed by atoms with Crippen LogP contribution in [0.25, 0.3) is 0 Å². The molecule has 0 fully saturated rings. The highest BCUT2D eigenvalue weighted by Crippen LogP contribution is 2.19. The SMILES string of the molecule is N#Cc1cc(F)c(Cl)c(F)c1. The molecule has 0 aromatic heterocycles. The molecule has 1 rings (SSSR count). The van der Waals surface area contributed by atoms with Crippen molar-refractivity contribution >= 4 is 11.6 Å². The highest BCUT2D eigenvalue weighted by molar-refractivity contribution is 6.30. The first-order valence-electron chi connectivity index (χ1n) is 2.70. The van der Waals surface area contributed by atoms with E-state index in [9.17, 15) is 8.78 Å². The van der Waals surface area contributed by atoms with E-state index in [0.717, 1.165) is 12.1 Å². The standard InChI is InChI=1S/C7H2ClF2N/c8-7-5(9)1-4(3-11)2-6(7)10/h1-2H. The van der Waals surface area contributed by atoms with Gasteiger partial charge < -0.3 is 0 Å². The van der Waals surface area contributed by atoms with Crippen LogP contribution in [0.1, 0.15) is 5.56 Å². The summed E-state index contributed by atoms with van der Waals surface area (Å²) in [5.74, 6) is -1.83. The van der Waals surface area contributed by atoms with E-state index in [1.54, 1.807) is 6.07 Å². The van der Waals surface area contributed by atoms with Crippen LogP contribution in [-0.4, -0.2) is 0 Å². The van der Waals surface area contributed by atoms with Gasteiger partial charge in [-0.3, -0.25) is 0 Å². The predicted molar refractivity (Wildman–Crippen MR) is 36.1 cm³/mol. The lowest BCUT2D eigenvalue weighted by atomic mass is 10.2. The maximum atomic E-state index is 12.5. The van der Waals surface area contributed by atoms with Crippen molar-refractivity contribution in [2.75, 3.05) is 0 Å². The van der Waals surface area contributed by atoms with Gasteiger partial charge in [-0.1, -0.05) is 11.6 Å². The second-order valence-corrected chi connectivity index (χ2v) is 2.24. The number of hydrogen-bond acceptors (Lipinski definition) is 1. The van der Waals surface area contributed by atoms with Crippen molar-refractivity contribution < 1.29 is 8.78 Å². The lowest BCUT2D eigenvalue weighted by molar-refractivity contribution is 0.583. The van der Waals surface area contributed by atoms with E-state index in [2.05, 4.69) is 0 Å². The molecule has 0 N–H and O–H groups in total. The Kier molecular flexibility index (Phi) is 2.06. The molecule has 0 heterocycles. The smallest absolute Gasteiger partial charge is 0.146 e. The first kappa shape index (κ1) is 7.96. The highest BCUT2D eigenvalue weighted by Gasteiger charge is 2.07. The van der Waals surface area contributed by atoms with Crippen molar-refractivity contribution in [3.63, 3.8) is 0 Å². The average Bonchev–Trinajstić information content (AvgIpc) is 1.99. The van der Waals surface area contributed by atoms with Gasteiger partial charge in [0.2, 0.25) is 0 Å². The van der Waals surface area contributed by atoms with Gasteiger partial charge in [0, 0.05) is 0 Å². The normalized spacial score (nSPS) is 9.27. The molecule has 4 heteroatoms. The lowest BCUT2D eigenvalue weighted by Crippen LogP contribution is -1.85. The molecule has 1 nitrogen and oxygen atoms in total. The Hall–Kier alpha value is -1.14. The number of nitrogens with zero attached hydrogens (tertiary/aromatic N) is 1. The van der Waals surface area contributed by atoms with Gasteiger partial charge in [0.25, 0.3) is 0 Å². The fraction of sp³-hybridized carbons (Fsp3) is 0. The van der Waals surface area contributed by atoms with Crippen LogP contribution in [-0.2, 0) is 0 Å². The summed E-state index contributed by atoms with van der Waals surface area (Å²) in [6.07, 6.45) is 0. The Morgan fingerprint density at radius 3 is 2.09 bits per heavy atom. The number of halogens is 3. The van der Waals surface area contributed by atoms with Crippen molar-refractivity contribution in [2.45, 2.75) is 0 Å². The molecule has 0 aliphatic heterocycles. The van der Waals surface area contributed by atoms with Gasteiger partial charge in [-0.15, -0.1) is 0 Å². The molecule has 0 amide bonds. The summed E-state index contributed by atoms with van der Waals surface area (Å²) in [5, 5.41) is 7.67. The predicted octanol–water partition coefficient (Wildman–Crippen LogP) is 2.49. The van der Waals surface area contributed by atoms with E-state index in [1.807, 2.05) is 0 Å². The molecule has 0 aliphatic rings. The van der Waals surface area contributed by atoms with Crippen LogP contribution >= 0.6 is 11.6 Å². The van der Waals surface area contributed by atoms with E-state index >= 15 is 0 Å². The minimum atomic E-state index is -0.914. The minimum absolute atomic E-state index is 0.0793. The molecule has 56 valence electrons.